The molecule has 0 atom stereocenters. The van der Waals surface area contributed by atoms with Crippen molar-refractivity contribution in [2.45, 2.75) is 25.7 Å². The van der Waals surface area contributed by atoms with Crippen molar-refractivity contribution in [3.8, 4) is 11.5 Å². The van der Waals surface area contributed by atoms with Crippen molar-refractivity contribution in [1.29, 1.82) is 0 Å². The summed E-state index contributed by atoms with van der Waals surface area (Å²) in [5, 5.41) is 3.33. The highest BCUT2D eigenvalue weighted by Gasteiger charge is 2.18. The summed E-state index contributed by atoms with van der Waals surface area (Å²) >= 11 is 0. The third-order valence-corrected chi connectivity index (χ3v) is 4.15. The minimum absolute atomic E-state index is 0.436. The van der Waals surface area contributed by atoms with Gasteiger partial charge < -0.3 is 19.5 Å². The summed E-state index contributed by atoms with van der Waals surface area (Å²) in [4.78, 5) is 9.11. The molecule has 1 aliphatic heterocycles. The Balaban J connectivity index is 1.83. The van der Waals surface area contributed by atoms with E-state index >= 15 is 0 Å². The molecule has 0 radical (unpaired) electrons. The van der Waals surface area contributed by atoms with E-state index in [4.69, 9.17) is 14.2 Å². The van der Waals surface area contributed by atoms with E-state index in [0.29, 0.717) is 17.4 Å². The molecule has 1 aliphatic rings. The Morgan fingerprint density at radius 1 is 1.04 bits per heavy atom. The van der Waals surface area contributed by atoms with Crippen LogP contribution in [-0.2, 0) is 4.74 Å². The van der Waals surface area contributed by atoms with Crippen LogP contribution < -0.4 is 14.8 Å². The number of methoxy groups -OCH3 is 2. The first kappa shape index (κ1) is 16.5. The smallest absolute Gasteiger partial charge is 0.162 e. The molecule has 1 N–H and O–H groups in total. The zero-order valence-corrected chi connectivity index (χ0v) is 14.3. The molecule has 0 amide bonds. The maximum Gasteiger partial charge on any atom is 0.162 e. The molecule has 2 aromatic rings. The first-order valence-electron chi connectivity index (χ1n) is 8.12. The molecule has 1 aromatic heterocycles. The number of nitrogens with one attached hydrogen (secondary N) is 1. The molecule has 6 nitrogen and oxygen atoms in total. The van der Waals surface area contributed by atoms with Crippen molar-refractivity contribution >= 4 is 11.5 Å². The molecule has 2 heterocycles. The fourth-order valence-corrected chi connectivity index (χ4v) is 2.92. The Labute approximate surface area is 142 Å². The van der Waals surface area contributed by atoms with Crippen LogP contribution in [0.2, 0.25) is 0 Å². The number of nitrogens with zero attached hydrogens (tertiary/aromatic N) is 2. The lowest BCUT2D eigenvalue weighted by molar-refractivity contribution is 0.0844. The monoisotopic (exact) mass is 329 g/mol. The van der Waals surface area contributed by atoms with E-state index in [9.17, 15) is 0 Å². The number of aromatic nitrogens is 2. The molecule has 0 saturated carbocycles. The summed E-state index contributed by atoms with van der Waals surface area (Å²) < 4.78 is 16.1. The van der Waals surface area contributed by atoms with Gasteiger partial charge in [0.2, 0.25) is 0 Å². The van der Waals surface area contributed by atoms with E-state index in [0.717, 1.165) is 49.1 Å². The van der Waals surface area contributed by atoms with Gasteiger partial charge in [-0.3, -0.25) is 0 Å². The number of ether oxygens (including phenoxy) is 3. The fraction of sp³-hybridized carbons (Fsp3) is 0.444. The van der Waals surface area contributed by atoms with Crippen LogP contribution in [0.25, 0.3) is 0 Å². The summed E-state index contributed by atoms with van der Waals surface area (Å²) in [6, 6.07) is 7.73. The molecule has 1 saturated heterocycles. The highest BCUT2D eigenvalue weighted by molar-refractivity contribution is 5.61. The normalized spacial score (nSPS) is 15.1. The topological polar surface area (TPSA) is 65.5 Å². The Morgan fingerprint density at radius 3 is 2.50 bits per heavy atom. The van der Waals surface area contributed by atoms with Gasteiger partial charge in [0.05, 0.1) is 14.2 Å². The summed E-state index contributed by atoms with van der Waals surface area (Å²) in [6.07, 6.45) is 2.01. The van der Waals surface area contributed by atoms with Gasteiger partial charge in [-0.2, -0.15) is 0 Å². The average molecular weight is 329 g/mol. The van der Waals surface area contributed by atoms with Crippen molar-refractivity contribution in [2.75, 3.05) is 32.8 Å². The lowest BCUT2D eigenvalue weighted by Crippen LogP contribution is -2.16. The summed E-state index contributed by atoms with van der Waals surface area (Å²) in [6.45, 7) is 3.51. The van der Waals surface area contributed by atoms with E-state index in [1.165, 1.54) is 0 Å². The molecular formula is C18H23N3O3. The van der Waals surface area contributed by atoms with Crippen molar-refractivity contribution in [1.82, 2.24) is 9.97 Å². The third kappa shape index (κ3) is 3.76. The van der Waals surface area contributed by atoms with Gasteiger partial charge in [-0.25, -0.2) is 9.97 Å². The molecule has 24 heavy (non-hydrogen) atoms. The quantitative estimate of drug-likeness (QED) is 0.906. The molecular weight excluding hydrogens is 306 g/mol. The molecule has 0 spiro atoms. The summed E-state index contributed by atoms with van der Waals surface area (Å²) in [5.74, 6) is 3.37. The van der Waals surface area contributed by atoms with E-state index in [2.05, 4.69) is 15.3 Å². The highest BCUT2D eigenvalue weighted by Crippen LogP contribution is 2.32. The van der Waals surface area contributed by atoms with Crippen LogP contribution in [0.15, 0.2) is 24.3 Å². The zero-order chi connectivity index (χ0) is 16.9. The van der Waals surface area contributed by atoms with Gasteiger partial charge in [0.15, 0.2) is 11.5 Å². The van der Waals surface area contributed by atoms with Crippen molar-refractivity contribution in [3.05, 3.63) is 35.8 Å². The predicted octanol–water partition coefficient (Wildman–Crippen LogP) is 3.44. The molecule has 0 unspecified atom stereocenters. The zero-order valence-electron chi connectivity index (χ0n) is 14.3. The number of hydrogen-bond acceptors (Lipinski definition) is 6. The number of aryl methyl sites for hydroxylation is 1. The second kappa shape index (κ2) is 7.49. The number of rotatable bonds is 5. The minimum atomic E-state index is 0.436. The highest BCUT2D eigenvalue weighted by atomic mass is 16.5. The molecule has 128 valence electrons. The van der Waals surface area contributed by atoms with Crippen molar-refractivity contribution in [2.24, 2.45) is 0 Å². The molecule has 1 fully saturated rings. The summed E-state index contributed by atoms with van der Waals surface area (Å²) in [5.41, 5.74) is 1.97. The number of hydrogen-bond donors (Lipinski definition) is 1. The van der Waals surface area contributed by atoms with Gasteiger partial charge in [-0.05, 0) is 31.9 Å². The van der Waals surface area contributed by atoms with Gasteiger partial charge >= 0.3 is 0 Å². The fourth-order valence-electron chi connectivity index (χ4n) is 2.92. The van der Waals surface area contributed by atoms with Crippen molar-refractivity contribution < 1.29 is 14.2 Å². The molecule has 3 rings (SSSR count). The van der Waals surface area contributed by atoms with E-state index in [-0.39, 0.29) is 0 Å². The van der Waals surface area contributed by atoms with Crippen molar-refractivity contribution in [3.63, 3.8) is 0 Å². The first-order chi connectivity index (χ1) is 11.7. The number of anilines is 2. The standard InChI is InChI=1S/C18H23N3O3/c1-12-19-15(13-6-8-24-9-7-13)11-18(20-12)21-14-4-5-16(22-2)17(10-14)23-3/h4-5,10-11,13H,6-9H2,1-3H3,(H,19,20,21). The van der Waals surface area contributed by atoms with Gasteiger partial charge in [0, 0.05) is 42.6 Å². The van der Waals surface area contributed by atoms with Crippen LogP contribution in [0, 0.1) is 6.92 Å². The maximum atomic E-state index is 5.44. The SMILES string of the molecule is COc1ccc(Nc2cc(C3CCOCC3)nc(C)n2)cc1OC. The Hall–Kier alpha value is -2.34. The largest absolute Gasteiger partial charge is 0.493 e. The maximum absolute atomic E-state index is 5.44. The van der Waals surface area contributed by atoms with E-state index in [1.54, 1.807) is 14.2 Å². The lowest BCUT2D eigenvalue weighted by atomic mass is 9.96. The van der Waals surface area contributed by atoms with Gasteiger partial charge in [0.25, 0.3) is 0 Å². The average Bonchev–Trinajstić information content (AvgIpc) is 2.62. The van der Waals surface area contributed by atoms with Crippen LogP contribution in [-0.4, -0.2) is 37.4 Å². The van der Waals surface area contributed by atoms with Crippen LogP contribution >= 0.6 is 0 Å². The Morgan fingerprint density at radius 2 is 1.79 bits per heavy atom. The van der Waals surface area contributed by atoms with Crippen LogP contribution in [0.4, 0.5) is 11.5 Å². The second-order valence-electron chi connectivity index (χ2n) is 5.81. The second-order valence-corrected chi connectivity index (χ2v) is 5.81. The molecule has 0 bridgehead atoms. The van der Waals surface area contributed by atoms with Crippen LogP contribution in [0.3, 0.4) is 0 Å². The van der Waals surface area contributed by atoms with Crippen LogP contribution in [0.1, 0.15) is 30.3 Å². The molecule has 0 aliphatic carbocycles. The van der Waals surface area contributed by atoms with Gasteiger partial charge in [0.1, 0.15) is 11.6 Å². The summed E-state index contributed by atoms with van der Waals surface area (Å²) in [7, 11) is 3.25. The van der Waals surface area contributed by atoms with E-state index in [1.807, 2.05) is 31.2 Å². The Kier molecular flexibility index (Phi) is 5.15. The lowest BCUT2D eigenvalue weighted by Gasteiger charge is -2.22. The minimum Gasteiger partial charge on any atom is -0.493 e. The van der Waals surface area contributed by atoms with E-state index < -0.39 is 0 Å². The van der Waals surface area contributed by atoms with Crippen LogP contribution in [0.5, 0.6) is 11.5 Å². The Bertz CT molecular complexity index is 700. The molecule has 1 aromatic carbocycles. The third-order valence-electron chi connectivity index (χ3n) is 4.15. The molecule has 6 heteroatoms. The predicted molar refractivity (Wildman–Crippen MR) is 92.4 cm³/mol. The van der Waals surface area contributed by atoms with Gasteiger partial charge in [-0.1, -0.05) is 0 Å². The first-order valence-corrected chi connectivity index (χ1v) is 8.12. The number of benzene rings is 1. The van der Waals surface area contributed by atoms with Gasteiger partial charge in [-0.15, -0.1) is 0 Å².